The fourth-order valence-electron chi connectivity index (χ4n) is 6.38. The number of aliphatic hydroxyl groups excluding tert-OH is 1. The fourth-order valence-corrected chi connectivity index (χ4v) is 6.38. The maximum Gasteiger partial charge on any atom is 0.0459 e. The molecule has 0 heterocycles. The number of hydrogen-bond acceptors (Lipinski definition) is 1. The summed E-state index contributed by atoms with van der Waals surface area (Å²) in [4.78, 5) is 0. The van der Waals surface area contributed by atoms with E-state index >= 15 is 0 Å². The van der Waals surface area contributed by atoms with Gasteiger partial charge in [0.25, 0.3) is 0 Å². The molecule has 140 valence electrons. The minimum atomic E-state index is 0.339. The molecule has 0 aromatic heterocycles. The predicted octanol–water partition coefficient (Wildman–Crippen LogP) is 6.31. The second-order valence-electron chi connectivity index (χ2n) is 9.66. The third-order valence-corrected chi connectivity index (χ3v) is 7.84. The van der Waals surface area contributed by atoms with E-state index in [1.54, 1.807) is 5.57 Å². The first-order valence-corrected chi connectivity index (χ1v) is 10.6. The van der Waals surface area contributed by atoms with Crippen molar-refractivity contribution in [1.82, 2.24) is 0 Å². The molecule has 6 atom stereocenters. The fraction of sp³-hybridized carbons (Fsp3) is 0.750. The van der Waals surface area contributed by atoms with Crippen molar-refractivity contribution in [2.24, 2.45) is 35.0 Å². The molecule has 0 aromatic carbocycles. The van der Waals surface area contributed by atoms with Gasteiger partial charge in [-0.05, 0) is 91.1 Å². The molecule has 3 saturated carbocycles. The van der Waals surface area contributed by atoms with E-state index in [0.717, 1.165) is 11.8 Å². The SMILES string of the molecule is C=C1/C(=C\C=C2/CCC[C@@]3(C)C2CC[C@@H]3[C@H](C)CO)C[C@@H](C)CC1C. The predicted molar refractivity (Wildman–Crippen MR) is 107 cm³/mol. The van der Waals surface area contributed by atoms with Crippen LogP contribution in [0.15, 0.2) is 35.5 Å². The summed E-state index contributed by atoms with van der Waals surface area (Å²) in [6.07, 6.45) is 13.9. The zero-order valence-corrected chi connectivity index (χ0v) is 16.9. The van der Waals surface area contributed by atoms with Gasteiger partial charge in [0.05, 0.1) is 0 Å². The Hall–Kier alpha value is -0.820. The first kappa shape index (κ1) is 19.0. The van der Waals surface area contributed by atoms with Gasteiger partial charge in [0.2, 0.25) is 0 Å². The Morgan fingerprint density at radius 1 is 1.28 bits per heavy atom. The minimum Gasteiger partial charge on any atom is -0.396 e. The van der Waals surface area contributed by atoms with Crippen molar-refractivity contribution in [2.75, 3.05) is 6.61 Å². The van der Waals surface area contributed by atoms with Crippen LogP contribution in [0.25, 0.3) is 0 Å². The van der Waals surface area contributed by atoms with Gasteiger partial charge < -0.3 is 5.11 Å². The smallest absolute Gasteiger partial charge is 0.0459 e. The molecule has 0 aliphatic heterocycles. The highest BCUT2D eigenvalue weighted by molar-refractivity contribution is 5.37. The number of allylic oxidation sites excluding steroid dienone is 5. The quantitative estimate of drug-likeness (QED) is 0.637. The van der Waals surface area contributed by atoms with Crippen LogP contribution in [-0.2, 0) is 0 Å². The lowest BCUT2D eigenvalue weighted by atomic mass is 9.61. The van der Waals surface area contributed by atoms with E-state index < -0.39 is 0 Å². The molecular weight excluding hydrogens is 304 g/mol. The molecule has 0 aromatic rings. The Bertz CT molecular complexity index is 569. The molecular formula is C24H38O. The lowest BCUT2D eigenvalue weighted by molar-refractivity contribution is 0.0690. The summed E-state index contributed by atoms with van der Waals surface area (Å²) in [5.74, 6) is 3.26. The molecule has 0 amide bonds. The van der Waals surface area contributed by atoms with Crippen LogP contribution < -0.4 is 0 Å². The molecule has 0 bridgehead atoms. The van der Waals surface area contributed by atoms with E-state index in [2.05, 4.69) is 46.4 Å². The average molecular weight is 343 g/mol. The van der Waals surface area contributed by atoms with Crippen LogP contribution in [-0.4, -0.2) is 11.7 Å². The molecule has 0 saturated heterocycles. The van der Waals surface area contributed by atoms with Crippen LogP contribution >= 0.6 is 0 Å². The van der Waals surface area contributed by atoms with Gasteiger partial charge in [-0.1, -0.05) is 52.0 Å². The highest BCUT2D eigenvalue weighted by atomic mass is 16.3. The standard InChI is InChI=1S/C24H38O/c1-16-13-17(2)19(4)21(14-16)9-8-20-7-6-12-24(5)22(18(3)15-25)10-11-23(20)24/h8-9,16-18,22-23,25H,4,6-7,10-15H2,1-3,5H3/b20-8+,21-9-/t16-,17?,18+,22+,23?,24+/m0/s1. The van der Waals surface area contributed by atoms with E-state index in [-0.39, 0.29) is 0 Å². The molecule has 3 aliphatic rings. The first-order valence-electron chi connectivity index (χ1n) is 10.6. The highest BCUT2D eigenvalue weighted by Crippen LogP contribution is 2.59. The topological polar surface area (TPSA) is 20.2 Å². The minimum absolute atomic E-state index is 0.339. The van der Waals surface area contributed by atoms with Gasteiger partial charge >= 0.3 is 0 Å². The normalized spacial score (nSPS) is 43.5. The number of hydrogen-bond donors (Lipinski definition) is 1. The summed E-state index contributed by atoms with van der Waals surface area (Å²) in [5, 5.41) is 9.68. The molecule has 1 nitrogen and oxygen atoms in total. The third-order valence-electron chi connectivity index (χ3n) is 7.84. The van der Waals surface area contributed by atoms with Crippen molar-refractivity contribution in [3.63, 3.8) is 0 Å². The summed E-state index contributed by atoms with van der Waals surface area (Å²) >= 11 is 0. The summed E-state index contributed by atoms with van der Waals surface area (Å²) in [6.45, 7) is 14.2. The van der Waals surface area contributed by atoms with E-state index in [0.29, 0.717) is 29.8 Å². The second kappa shape index (κ2) is 7.43. The Labute approximate surface area is 155 Å². The van der Waals surface area contributed by atoms with Crippen LogP contribution in [0, 0.1) is 35.0 Å². The Kier molecular flexibility index (Phi) is 5.63. The number of rotatable bonds is 3. The Balaban J connectivity index is 1.82. The molecule has 0 radical (unpaired) electrons. The molecule has 3 aliphatic carbocycles. The summed E-state index contributed by atoms with van der Waals surface area (Å²) in [7, 11) is 0. The molecule has 0 spiro atoms. The Morgan fingerprint density at radius 3 is 2.76 bits per heavy atom. The molecule has 2 unspecified atom stereocenters. The van der Waals surface area contributed by atoms with Crippen molar-refractivity contribution in [1.29, 1.82) is 0 Å². The first-order chi connectivity index (χ1) is 11.9. The zero-order chi connectivity index (χ0) is 18.2. The van der Waals surface area contributed by atoms with Gasteiger partial charge in [0, 0.05) is 6.61 Å². The van der Waals surface area contributed by atoms with E-state index in [1.165, 1.54) is 56.1 Å². The number of fused-ring (bicyclic) bond motifs is 1. The van der Waals surface area contributed by atoms with Crippen molar-refractivity contribution >= 4 is 0 Å². The third kappa shape index (κ3) is 3.54. The maximum atomic E-state index is 9.68. The van der Waals surface area contributed by atoms with Gasteiger partial charge in [-0.25, -0.2) is 0 Å². The van der Waals surface area contributed by atoms with Crippen LogP contribution in [0.5, 0.6) is 0 Å². The lowest BCUT2D eigenvalue weighted by Crippen LogP contribution is -2.36. The van der Waals surface area contributed by atoms with Crippen LogP contribution in [0.2, 0.25) is 0 Å². The van der Waals surface area contributed by atoms with Crippen LogP contribution in [0.3, 0.4) is 0 Å². The highest BCUT2D eigenvalue weighted by Gasteiger charge is 2.50. The molecule has 3 fully saturated rings. The summed E-state index contributed by atoms with van der Waals surface area (Å²) < 4.78 is 0. The number of aliphatic hydroxyl groups is 1. The molecule has 25 heavy (non-hydrogen) atoms. The zero-order valence-electron chi connectivity index (χ0n) is 16.9. The maximum absolute atomic E-state index is 9.68. The van der Waals surface area contributed by atoms with E-state index in [4.69, 9.17) is 0 Å². The van der Waals surface area contributed by atoms with Crippen molar-refractivity contribution in [2.45, 2.75) is 72.6 Å². The second-order valence-corrected chi connectivity index (χ2v) is 9.66. The monoisotopic (exact) mass is 342 g/mol. The van der Waals surface area contributed by atoms with Gasteiger partial charge in [-0.15, -0.1) is 0 Å². The van der Waals surface area contributed by atoms with Gasteiger partial charge in [-0.2, -0.15) is 0 Å². The van der Waals surface area contributed by atoms with Gasteiger partial charge in [-0.3, -0.25) is 0 Å². The molecule has 1 heteroatoms. The van der Waals surface area contributed by atoms with Crippen LogP contribution in [0.1, 0.15) is 72.6 Å². The lowest BCUT2D eigenvalue weighted by Gasteiger charge is -2.44. The van der Waals surface area contributed by atoms with Crippen molar-refractivity contribution in [3.05, 3.63) is 35.5 Å². The van der Waals surface area contributed by atoms with Crippen molar-refractivity contribution < 1.29 is 5.11 Å². The van der Waals surface area contributed by atoms with Gasteiger partial charge in [0.1, 0.15) is 0 Å². The summed E-state index contributed by atoms with van der Waals surface area (Å²) in [6, 6.07) is 0. The Morgan fingerprint density at radius 2 is 2.04 bits per heavy atom. The van der Waals surface area contributed by atoms with Crippen molar-refractivity contribution in [3.8, 4) is 0 Å². The largest absolute Gasteiger partial charge is 0.396 e. The van der Waals surface area contributed by atoms with Crippen LogP contribution in [0.4, 0.5) is 0 Å². The van der Waals surface area contributed by atoms with E-state index in [1.807, 2.05) is 0 Å². The van der Waals surface area contributed by atoms with Gasteiger partial charge in [0.15, 0.2) is 0 Å². The molecule has 3 rings (SSSR count). The molecule has 1 N–H and O–H groups in total. The van der Waals surface area contributed by atoms with E-state index in [9.17, 15) is 5.11 Å². The average Bonchev–Trinajstić information content (AvgIpc) is 2.93. The summed E-state index contributed by atoms with van der Waals surface area (Å²) in [5.41, 5.74) is 4.93.